The van der Waals surface area contributed by atoms with Gasteiger partial charge >= 0.3 is 0 Å². The second-order valence-corrected chi connectivity index (χ2v) is 4.03. The van der Waals surface area contributed by atoms with Gasteiger partial charge in [-0.3, -0.25) is 4.99 Å². The average molecular weight is 208 g/mol. The van der Waals surface area contributed by atoms with Crippen LogP contribution in [0.15, 0.2) is 23.2 Å². The molecule has 2 rings (SSSR count). The van der Waals surface area contributed by atoms with Crippen molar-refractivity contribution >= 4 is 11.4 Å². The molecule has 3 nitrogen and oxygen atoms in total. The topological polar surface area (TPSA) is 47.6 Å². The van der Waals surface area contributed by atoms with Gasteiger partial charge in [0.1, 0.15) is 5.82 Å². The minimum Gasteiger partial charge on any atom is -0.398 e. The summed E-state index contributed by atoms with van der Waals surface area (Å²) in [6, 6.07) is 4.26. The first-order chi connectivity index (χ1) is 6.98. The molecule has 0 radical (unpaired) electrons. The van der Waals surface area contributed by atoms with E-state index >= 15 is 0 Å². The van der Waals surface area contributed by atoms with Crippen molar-refractivity contribution in [3.8, 4) is 0 Å². The summed E-state index contributed by atoms with van der Waals surface area (Å²) in [6.07, 6.45) is 0. The quantitative estimate of drug-likeness (QED) is 0.717. The first-order valence-electron chi connectivity index (χ1n) is 4.76. The van der Waals surface area contributed by atoms with Crippen molar-refractivity contribution < 1.29 is 9.13 Å². The molecule has 0 spiro atoms. The summed E-state index contributed by atoms with van der Waals surface area (Å²) >= 11 is 0. The first kappa shape index (κ1) is 10.1. The molecule has 2 N–H and O–H groups in total. The molecule has 1 aromatic carbocycles. The molecule has 0 aliphatic carbocycles. The van der Waals surface area contributed by atoms with Gasteiger partial charge < -0.3 is 10.5 Å². The zero-order valence-electron chi connectivity index (χ0n) is 8.75. The molecular weight excluding hydrogens is 195 g/mol. The molecule has 0 bridgehead atoms. The van der Waals surface area contributed by atoms with Crippen molar-refractivity contribution in [3.63, 3.8) is 0 Å². The second kappa shape index (κ2) is 3.31. The van der Waals surface area contributed by atoms with Crippen LogP contribution in [0.3, 0.4) is 0 Å². The highest BCUT2D eigenvalue weighted by Crippen LogP contribution is 2.24. The van der Waals surface area contributed by atoms with Crippen molar-refractivity contribution in [3.05, 3.63) is 29.6 Å². The third-order valence-electron chi connectivity index (χ3n) is 2.29. The molecule has 1 aromatic rings. The lowest BCUT2D eigenvalue weighted by Gasteiger charge is -2.11. The van der Waals surface area contributed by atoms with Crippen molar-refractivity contribution in [2.45, 2.75) is 19.6 Å². The molecule has 4 heteroatoms. The highest BCUT2D eigenvalue weighted by molar-refractivity contribution is 6.06. The molecule has 1 aliphatic heterocycles. The van der Waals surface area contributed by atoms with Crippen molar-refractivity contribution in [2.24, 2.45) is 4.99 Å². The zero-order chi connectivity index (χ0) is 11.1. The minimum absolute atomic E-state index is 0.313. The number of aliphatic imine (C=N–C) groups is 1. The Kier molecular flexibility index (Phi) is 2.23. The molecule has 0 saturated carbocycles. The number of rotatable bonds is 1. The molecule has 0 fully saturated rings. The molecule has 1 heterocycles. The Bertz CT molecular complexity index is 427. The van der Waals surface area contributed by atoms with E-state index < -0.39 is 5.72 Å². The number of hydrogen-bond acceptors (Lipinski definition) is 3. The third kappa shape index (κ3) is 1.99. The molecular formula is C11H13FN2O. The largest absolute Gasteiger partial charge is 0.398 e. The van der Waals surface area contributed by atoms with Gasteiger partial charge in [0.05, 0.1) is 12.3 Å². The molecule has 0 atom stereocenters. The fourth-order valence-corrected chi connectivity index (χ4v) is 1.55. The van der Waals surface area contributed by atoms with E-state index in [1.165, 1.54) is 12.1 Å². The predicted octanol–water partition coefficient (Wildman–Crippen LogP) is 1.96. The van der Waals surface area contributed by atoms with E-state index in [0.29, 0.717) is 23.6 Å². The average Bonchev–Trinajstić information content (AvgIpc) is 2.50. The van der Waals surface area contributed by atoms with E-state index in [1.807, 2.05) is 13.8 Å². The molecule has 0 amide bonds. The lowest BCUT2D eigenvalue weighted by molar-refractivity contribution is 0.0327. The number of halogens is 1. The van der Waals surface area contributed by atoms with Crippen LogP contribution in [0.5, 0.6) is 0 Å². The Balaban J connectivity index is 2.43. The Morgan fingerprint density at radius 3 is 2.80 bits per heavy atom. The highest BCUT2D eigenvalue weighted by atomic mass is 19.1. The maximum absolute atomic E-state index is 13.0. The number of nitrogens with zero attached hydrogens (tertiary/aromatic N) is 1. The Morgan fingerprint density at radius 1 is 1.47 bits per heavy atom. The number of nitrogens with two attached hydrogens (primary N) is 1. The summed E-state index contributed by atoms with van der Waals surface area (Å²) in [7, 11) is 0. The molecule has 80 valence electrons. The Hall–Kier alpha value is -1.42. The van der Waals surface area contributed by atoms with Crippen LogP contribution in [0.1, 0.15) is 19.4 Å². The number of benzene rings is 1. The van der Waals surface area contributed by atoms with Crippen molar-refractivity contribution in [2.75, 3.05) is 12.3 Å². The second-order valence-electron chi connectivity index (χ2n) is 4.03. The van der Waals surface area contributed by atoms with Crippen LogP contribution in [0.25, 0.3) is 0 Å². The highest BCUT2D eigenvalue weighted by Gasteiger charge is 2.26. The maximum Gasteiger partial charge on any atom is 0.154 e. The number of hydrogen-bond donors (Lipinski definition) is 1. The lowest BCUT2D eigenvalue weighted by Crippen LogP contribution is -2.15. The number of anilines is 1. The lowest BCUT2D eigenvalue weighted by atomic mass is 10.1. The molecule has 0 saturated heterocycles. The van der Waals surface area contributed by atoms with Crippen LogP contribution in [-0.2, 0) is 4.74 Å². The van der Waals surface area contributed by atoms with Crippen LogP contribution < -0.4 is 5.73 Å². The van der Waals surface area contributed by atoms with Crippen LogP contribution >= 0.6 is 0 Å². The van der Waals surface area contributed by atoms with Crippen molar-refractivity contribution in [1.82, 2.24) is 0 Å². The molecule has 15 heavy (non-hydrogen) atoms. The molecule has 0 unspecified atom stereocenters. The maximum atomic E-state index is 13.0. The standard InChI is InChI=1S/C11H13FN2O/c1-11(2)14-10(6-15-11)8-5-7(12)3-4-9(8)13/h3-5H,6,13H2,1-2H3. The minimum atomic E-state index is -0.534. The Labute approximate surface area is 87.8 Å². The summed E-state index contributed by atoms with van der Waals surface area (Å²) in [5.41, 5.74) is 7.08. The van der Waals surface area contributed by atoms with E-state index in [0.717, 1.165) is 0 Å². The summed E-state index contributed by atoms with van der Waals surface area (Å²) in [5.74, 6) is -0.313. The summed E-state index contributed by atoms with van der Waals surface area (Å²) < 4.78 is 18.5. The summed E-state index contributed by atoms with van der Waals surface area (Å²) in [4.78, 5) is 4.34. The van der Waals surface area contributed by atoms with Gasteiger partial charge in [-0.25, -0.2) is 4.39 Å². The van der Waals surface area contributed by atoms with E-state index in [2.05, 4.69) is 4.99 Å². The molecule has 0 aromatic heterocycles. The fraction of sp³-hybridized carbons (Fsp3) is 0.364. The van der Waals surface area contributed by atoms with Gasteiger partial charge in [-0.1, -0.05) is 0 Å². The van der Waals surface area contributed by atoms with Gasteiger partial charge in [0.2, 0.25) is 0 Å². The zero-order valence-corrected chi connectivity index (χ0v) is 8.75. The van der Waals surface area contributed by atoms with Crippen LogP contribution in [0.4, 0.5) is 10.1 Å². The van der Waals surface area contributed by atoms with Gasteiger partial charge in [-0.15, -0.1) is 0 Å². The van der Waals surface area contributed by atoms with E-state index in [1.54, 1.807) is 6.07 Å². The van der Waals surface area contributed by atoms with Crippen LogP contribution in [0, 0.1) is 5.82 Å². The fourth-order valence-electron chi connectivity index (χ4n) is 1.55. The number of ether oxygens (including phenoxy) is 1. The van der Waals surface area contributed by atoms with Crippen molar-refractivity contribution in [1.29, 1.82) is 0 Å². The first-order valence-corrected chi connectivity index (χ1v) is 4.76. The third-order valence-corrected chi connectivity index (χ3v) is 2.29. The monoisotopic (exact) mass is 208 g/mol. The van der Waals surface area contributed by atoms with Gasteiger partial charge in [0, 0.05) is 11.3 Å². The van der Waals surface area contributed by atoms with Gasteiger partial charge in [0.15, 0.2) is 5.72 Å². The SMILES string of the molecule is CC1(C)N=C(c2cc(F)ccc2N)CO1. The predicted molar refractivity (Wildman–Crippen MR) is 57.4 cm³/mol. The summed E-state index contributed by atoms with van der Waals surface area (Å²) in [6.45, 7) is 4.09. The van der Waals surface area contributed by atoms with Gasteiger partial charge in [0.25, 0.3) is 0 Å². The Morgan fingerprint density at radius 2 is 2.20 bits per heavy atom. The number of nitrogen functional groups attached to an aromatic ring is 1. The van der Waals surface area contributed by atoms with Gasteiger partial charge in [-0.2, -0.15) is 0 Å². The van der Waals surface area contributed by atoms with E-state index in [4.69, 9.17) is 10.5 Å². The van der Waals surface area contributed by atoms with E-state index in [9.17, 15) is 4.39 Å². The van der Waals surface area contributed by atoms with Crippen LogP contribution in [-0.4, -0.2) is 18.0 Å². The normalized spacial score (nSPS) is 19.0. The molecule has 1 aliphatic rings. The van der Waals surface area contributed by atoms with Gasteiger partial charge in [-0.05, 0) is 32.0 Å². The van der Waals surface area contributed by atoms with E-state index in [-0.39, 0.29) is 5.82 Å². The van der Waals surface area contributed by atoms with Crippen LogP contribution in [0.2, 0.25) is 0 Å². The summed E-state index contributed by atoms with van der Waals surface area (Å²) in [5, 5.41) is 0. The smallest absolute Gasteiger partial charge is 0.154 e.